The minimum atomic E-state index is -0.365. The number of nitrogens with two attached hydrogens (primary N) is 1. The van der Waals surface area contributed by atoms with E-state index in [1.54, 1.807) is 0 Å². The predicted molar refractivity (Wildman–Crippen MR) is 66.6 cm³/mol. The zero-order chi connectivity index (χ0) is 12.1. The summed E-state index contributed by atoms with van der Waals surface area (Å²) in [5, 5.41) is 3.21. The Kier molecular flexibility index (Phi) is 4.40. The Morgan fingerprint density at radius 3 is 2.47 bits per heavy atom. The molecule has 1 heterocycles. The number of rotatable bonds is 3. The zero-order valence-electron chi connectivity index (χ0n) is 10.5. The van der Waals surface area contributed by atoms with E-state index >= 15 is 0 Å². The predicted octanol–water partition coefficient (Wildman–Crippen LogP) is 1.19. The van der Waals surface area contributed by atoms with Crippen LogP contribution < -0.4 is 11.1 Å². The molecule has 17 heavy (non-hydrogen) atoms. The van der Waals surface area contributed by atoms with Crippen molar-refractivity contribution >= 4 is 5.91 Å². The summed E-state index contributed by atoms with van der Waals surface area (Å²) in [5.41, 5.74) is 5.46. The Hall–Kier alpha value is -0.610. The van der Waals surface area contributed by atoms with Crippen LogP contribution in [0.5, 0.6) is 0 Å². The molecule has 0 atom stereocenters. The standard InChI is InChI=1S/C13H24N2O2/c14-10-13(6-8-17-9-7-13)12(16)15-11-4-2-1-3-5-11/h11H,1-10,14H2,(H,15,16). The molecule has 1 saturated carbocycles. The Bertz CT molecular complexity index is 256. The molecule has 0 aromatic rings. The highest BCUT2D eigenvalue weighted by atomic mass is 16.5. The van der Waals surface area contributed by atoms with Gasteiger partial charge in [-0.1, -0.05) is 19.3 Å². The molecule has 1 aliphatic carbocycles. The molecule has 1 amide bonds. The van der Waals surface area contributed by atoms with Gasteiger partial charge in [-0.3, -0.25) is 4.79 Å². The van der Waals surface area contributed by atoms with Crippen LogP contribution >= 0.6 is 0 Å². The minimum Gasteiger partial charge on any atom is -0.381 e. The fourth-order valence-corrected chi connectivity index (χ4v) is 2.87. The van der Waals surface area contributed by atoms with Crippen LogP contribution in [-0.2, 0) is 9.53 Å². The van der Waals surface area contributed by atoms with Crippen molar-refractivity contribution in [3.05, 3.63) is 0 Å². The molecule has 0 unspecified atom stereocenters. The van der Waals surface area contributed by atoms with Gasteiger partial charge in [0.1, 0.15) is 0 Å². The molecule has 0 radical (unpaired) electrons. The highest BCUT2D eigenvalue weighted by Gasteiger charge is 2.39. The van der Waals surface area contributed by atoms with Gasteiger partial charge in [0.05, 0.1) is 5.41 Å². The van der Waals surface area contributed by atoms with E-state index in [0.717, 1.165) is 25.7 Å². The lowest BCUT2D eigenvalue weighted by molar-refractivity contribution is -0.136. The maximum atomic E-state index is 12.4. The fraction of sp³-hybridized carbons (Fsp3) is 0.923. The quantitative estimate of drug-likeness (QED) is 0.779. The number of nitrogens with one attached hydrogen (secondary N) is 1. The molecule has 0 spiro atoms. The second-order valence-corrected chi connectivity index (χ2v) is 5.41. The van der Waals surface area contributed by atoms with Crippen molar-refractivity contribution in [2.24, 2.45) is 11.1 Å². The van der Waals surface area contributed by atoms with Gasteiger partial charge < -0.3 is 15.8 Å². The molecule has 2 aliphatic rings. The smallest absolute Gasteiger partial charge is 0.227 e. The molecule has 0 bridgehead atoms. The highest BCUT2D eigenvalue weighted by Crippen LogP contribution is 2.30. The lowest BCUT2D eigenvalue weighted by Crippen LogP contribution is -2.52. The van der Waals surface area contributed by atoms with Gasteiger partial charge in [0.25, 0.3) is 0 Å². The Morgan fingerprint density at radius 1 is 1.24 bits per heavy atom. The first kappa shape index (κ1) is 12.8. The maximum absolute atomic E-state index is 12.4. The Labute approximate surface area is 103 Å². The largest absolute Gasteiger partial charge is 0.381 e. The maximum Gasteiger partial charge on any atom is 0.227 e. The van der Waals surface area contributed by atoms with E-state index in [1.807, 2.05) is 0 Å². The minimum absolute atomic E-state index is 0.162. The number of carbonyl (C=O) groups is 1. The van der Waals surface area contributed by atoms with Crippen LogP contribution in [0.3, 0.4) is 0 Å². The number of hydrogen-bond donors (Lipinski definition) is 2. The van der Waals surface area contributed by atoms with Gasteiger partial charge in [-0.15, -0.1) is 0 Å². The molecule has 1 saturated heterocycles. The van der Waals surface area contributed by atoms with Crippen molar-refractivity contribution in [3.8, 4) is 0 Å². The first-order valence-corrected chi connectivity index (χ1v) is 6.86. The van der Waals surface area contributed by atoms with Crippen LogP contribution in [0.1, 0.15) is 44.9 Å². The number of ether oxygens (including phenoxy) is 1. The second-order valence-electron chi connectivity index (χ2n) is 5.41. The van der Waals surface area contributed by atoms with Crippen molar-refractivity contribution < 1.29 is 9.53 Å². The van der Waals surface area contributed by atoms with Gasteiger partial charge in [-0.25, -0.2) is 0 Å². The summed E-state index contributed by atoms with van der Waals surface area (Å²) < 4.78 is 5.33. The summed E-state index contributed by atoms with van der Waals surface area (Å²) in [6, 6.07) is 0.377. The third-order valence-electron chi connectivity index (χ3n) is 4.26. The van der Waals surface area contributed by atoms with E-state index in [0.29, 0.717) is 25.8 Å². The van der Waals surface area contributed by atoms with Crippen LogP contribution in [0.4, 0.5) is 0 Å². The first-order valence-electron chi connectivity index (χ1n) is 6.86. The number of amides is 1. The van der Waals surface area contributed by atoms with E-state index in [1.165, 1.54) is 19.3 Å². The van der Waals surface area contributed by atoms with Crippen molar-refractivity contribution in [3.63, 3.8) is 0 Å². The van der Waals surface area contributed by atoms with Gasteiger partial charge in [0, 0.05) is 25.8 Å². The van der Waals surface area contributed by atoms with Crippen LogP contribution in [0, 0.1) is 5.41 Å². The SMILES string of the molecule is NCC1(C(=O)NC2CCCCC2)CCOCC1. The monoisotopic (exact) mass is 240 g/mol. The Balaban J connectivity index is 1.91. The third-order valence-corrected chi connectivity index (χ3v) is 4.26. The van der Waals surface area contributed by atoms with E-state index in [2.05, 4.69) is 5.32 Å². The highest BCUT2D eigenvalue weighted by molar-refractivity contribution is 5.83. The lowest BCUT2D eigenvalue weighted by Gasteiger charge is -2.36. The lowest BCUT2D eigenvalue weighted by atomic mass is 9.79. The zero-order valence-corrected chi connectivity index (χ0v) is 10.5. The van der Waals surface area contributed by atoms with Crippen molar-refractivity contribution in [1.82, 2.24) is 5.32 Å². The molecule has 4 heteroatoms. The van der Waals surface area contributed by atoms with E-state index in [9.17, 15) is 4.79 Å². The molecule has 2 fully saturated rings. The van der Waals surface area contributed by atoms with Gasteiger partial charge in [-0.2, -0.15) is 0 Å². The third kappa shape index (κ3) is 2.99. The summed E-state index contributed by atoms with van der Waals surface area (Å²) >= 11 is 0. The summed E-state index contributed by atoms with van der Waals surface area (Å²) in [6.45, 7) is 1.76. The molecule has 2 rings (SSSR count). The van der Waals surface area contributed by atoms with E-state index < -0.39 is 0 Å². The van der Waals surface area contributed by atoms with Crippen molar-refractivity contribution in [1.29, 1.82) is 0 Å². The molecule has 98 valence electrons. The first-order chi connectivity index (χ1) is 8.27. The summed E-state index contributed by atoms with van der Waals surface area (Å²) in [4.78, 5) is 12.4. The summed E-state index contributed by atoms with van der Waals surface area (Å²) in [7, 11) is 0. The Morgan fingerprint density at radius 2 is 1.88 bits per heavy atom. The van der Waals surface area contributed by atoms with Gasteiger partial charge >= 0.3 is 0 Å². The van der Waals surface area contributed by atoms with Crippen LogP contribution in [0.2, 0.25) is 0 Å². The molecule has 0 aromatic heterocycles. The summed E-state index contributed by atoms with van der Waals surface area (Å²) in [5.74, 6) is 0.162. The fourth-order valence-electron chi connectivity index (χ4n) is 2.87. The normalized spacial score (nSPS) is 25.5. The second kappa shape index (κ2) is 5.83. The van der Waals surface area contributed by atoms with E-state index in [4.69, 9.17) is 10.5 Å². The van der Waals surface area contributed by atoms with Gasteiger partial charge in [-0.05, 0) is 25.7 Å². The topological polar surface area (TPSA) is 64.4 Å². The molecule has 1 aliphatic heterocycles. The van der Waals surface area contributed by atoms with Crippen molar-refractivity contribution in [2.75, 3.05) is 19.8 Å². The molecule has 3 N–H and O–H groups in total. The molecular weight excluding hydrogens is 216 g/mol. The number of carbonyl (C=O) groups excluding carboxylic acids is 1. The van der Waals surface area contributed by atoms with Gasteiger partial charge in [0.15, 0.2) is 0 Å². The molecule has 4 nitrogen and oxygen atoms in total. The van der Waals surface area contributed by atoms with Gasteiger partial charge in [0.2, 0.25) is 5.91 Å². The average Bonchev–Trinajstić information content (AvgIpc) is 2.40. The van der Waals surface area contributed by atoms with Crippen LogP contribution in [-0.4, -0.2) is 31.7 Å². The number of hydrogen-bond acceptors (Lipinski definition) is 3. The van der Waals surface area contributed by atoms with Crippen LogP contribution in [0.15, 0.2) is 0 Å². The molecular formula is C13H24N2O2. The summed E-state index contributed by atoms with van der Waals surface area (Å²) in [6.07, 6.45) is 7.57. The molecule has 0 aromatic carbocycles. The van der Waals surface area contributed by atoms with E-state index in [-0.39, 0.29) is 11.3 Å². The van der Waals surface area contributed by atoms with Crippen LogP contribution in [0.25, 0.3) is 0 Å². The average molecular weight is 240 g/mol. The van der Waals surface area contributed by atoms with Crippen molar-refractivity contribution in [2.45, 2.75) is 51.0 Å².